The summed E-state index contributed by atoms with van der Waals surface area (Å²) < 4.78 is 12.4. The Morgan fingerprint density at radius 2 is 1.81 bits per heavy atom. The second-order valence-corrected chi connectivity index (χ2v) is 10.2. The van der Waals surface area contributed by atoms with Crippen molar-refractivity contribution in [3.8, 4) is 17.2 Å². The number of carbonyl (C=O) groups is 2. The molecule has 1 N–H and O–H groups in total. The van der Waals surface area contributed by atoms with Gasteiger partial charge in [-0.05, 0) is 69.2 Å². The van der Waals surface area contributed by atoms with Crippen molar-refractivity contribution in [3.05, 3.63) is 65.3 Å². The third-order valence-electron chi connectivity index (χ3n) is 6.62. The first-order valence-electron chi connectivity index (χ1n) is 12.5. The second-order valence-electron chi connectivity index (χ2n) is 9.78. The van der Waals surface area contributed by atoms with Crippen LogP contribution in [0.3, 0.4) is 0 Å². The van der Waals surface area contributed by atoms with E-state index in [2.05, 4.69) is 12.0 Å². The van der Waals surface area contributed by atoms with Gasteiger partial charge in [0.15, 0.2) is 5.75 Å². The Morgan fingerprint density at radius 1 is 1.11 bits per heavy atom. The lowest BCUT2D eigenvalue weighted by molar-refractivity contribution is -0.124. The van der Waals surface area contributed by atoms with E-state index in [1.165, 1.54) is 10.9 Å². The van der Waals surface area contributed by atoms with E-state index in [-0.39, 0.29) is 29.4 Å². The Hall–Kier alpha value is -3.52. The van der Waals surface area contributed by atoms with Crippen LogP contribution in [-0.2, 0) is 11.4 Å². The van der Waals surface area contributed by atoms with E-state index in [9.17, 15) is 14.7 Å². The molecule has 9 heteroatoms. The summed E-state index contributed by atoms with van der Waals surface area (Å²) in [5.41, 5.74) is 1.59. The van der Waals surface area contributed by atoms with Gasteiger partial charge < -0.3 is 14.6 Å². The van der Waals surface area contributed by atoms with E-state index in [1.54, 1.807) is 23.1 Å². The molecule has 1 aromatic heterocycles. The fourth-order valence-electron chi connectivity index (χ4n) is 4.61. The maximum Gasteiger partial charge on any atom is 0.511 e. The van der Waals surface area contributed by atoms with Crippen molar-refractivity contribution < 1.29 is 24.2 Å². The van der Waals surface area contributed by atoms with Crippen LogP contribution in [0.1, 0.15) is 52.0 Å². The standard InChI is InChI=1S/C28H32ClN3O5/c1-18(2)32(27(33)21-11-9-19(3)10-12-21)26-25(37-28(34)35)16-31(30-26)22-13-14-24(23(29)15-22)36-17-20-7-5-4-6-8-20/h4-8,13-16,18-19,21H,9-12,17H2,1-3H3,(H,34,35)/t19-,21-. The summed E-state index contributed by atoms with van der Waals surface area (Å²) in [5.74, 6) is 1.07. The molecule has 2 aromatic carbocycles. The number of ether oxygens (including phenoxy) is 2. The van der Waals surface area contributed by atoms with Gasteiger partial charge in [0.05, 0.1) is 16.9 Å². The molecule has 8 nitrogen and oxygen atoms in total. The van der Waals surface area contributed by atoms with Gasteiger partial charge in [0, 0.05) is 12.0 Å². The van der Waals surface area contributed by atoms with Gasteiger partial charge in [-0.1, -0.05) is 48.9 Å². The molecule has 0 radical (unpaired) electrons. The molecule has 196 valence electrons. The first-order valence-corrected chi connectivity index (χ1v) is 12.9. The van der Waals surface area contributed by atoms with Gasteiger partial charge in [-0.15, -0.1) is 5.10 Å². The van der Waals surface area contributed by atoms with Gasteiger partial charge in [0.2, 0.25) is 11.7 Å². The van der Waals surface area contributed by atoms with Crippen molar-refractivity contribution in [1.29, 1.82) is 0 Å². The predicted octanol–water partition coefficient (Wildman–Crippen LogP) is 6.73. The van der Waals surface area contributed by atoms with Gasteiger partial charge >= 0.3 is 6.16 Å². The van der Waals surface area contributed by atoms with E-state index in [4.69, 9.17) is 21.1 Å². The number of hydrogen-bond acceptors (Lipinski definition) is 5. The lowest BCUT2D eigenvalue weighted by Crippen LogP contribution is -2.42. The first kappa shape index (κ1) is 26.5. The lowest BCUT2D eigenvalue weighted by Gasteiger charge is -2.32. The van der Waals surface area contributed by atoms with E-state index < -0.39 is 6.16 Å². The summed E-state index contributed by atoms with van der Waals surface area (Å²) in [4.78, 5) is 26.6. The number of halogens is 1. The molecule has 1 heterocycles. The molecule has 0 spiro atoms. The normalized spacial score (nSPS) is 17.4. The van der Waals surface area contributed by atoms with Gasteiger partial charge in [0.1, 0.15) is 12.4 Å². The fraction of sp³-hybridized carbons (Fsp3) is 0.393. The number of benzene rings is 2. The molecule has 1 aliphatic rings. The zero-order valence-corrected chi connectivity index (χ0v) is 22.0. The molecule has 1 amide bonds. The van der Waals surface area contributed by atoms with Crippen LogP contribution in [0.5, 0.6) is 11.5 Å². The van der Waals surface area contributed by atoms with Crippen molar-refractivity contribution >= 4 is 29.5 Å². The van der Waals surface area contributed by atoms with Crippen molar-refractivity contribution in [2.45, 2.75) is 59.1 Å². The van der Waals surface area contributed by atoms with Crippen molar-refractivity contribution in [1.82, 2.24) is 9.78 Å². The van der Waals surface area contributed by atoms with Crippen molar-refractivity contribution in [2.75, 3.05) is 4.90 Å². The number of aromatic nitrogens is 2. The van der Waals surface area contributed by atoms with Crippen molar-refractivity contribution in [2.24, 2.45) is 11.8 Å². The number of rotatable bonds is 8. The highest BCUT2D eigenvalue weighted by atomic mass is 35.5. The minimum atomic E-state index is -1.48. The first-order chi connectivity index (χ1) is 17.7. The third kappa shape index (κ3) is 6.43. The molecule has 1 aliphatic carbocycles. The van der Waals surface area contributed by atoms with Crippen LogP contribution < -0.4 is 14.4 Å². The highest BCUT2D eigenvalue weighted by Gasteiger charge is 2.34. The quantitative estimate of drug-likeness (QED) is 0.328. The van der Waals surface area contributed by atoms with Crippen LogP contribution in [-0.4, -0.2) is 33.0 Å². The SMILES string of the molecule is CC(C)N(c1nn(-c2ccc(OCc3ccccc3)c(Cl)c2)cc1OC(=O)O)C(=O)[C@H]1CC[C@H](C)CC1. The third-order valence-corrected chi connectivity index (χ3v) is 6.92. The number of amides is 1. The molecule has 1 fully saturated rings. The number of carboxylic acid groups (broad SMARTS) is 1. The maximum absolute atomic E-state index is 13.6. The van der Waals surface area contributed by atoms with E-state index in [1.807, 2.05) is 44.2 Å². The van der Waals surface area contributed by atoms with Crippen LogP contribution in [0, 0.1) is 11.8 Å². The molecule has 0 saturated heterocycles. The maximum atomic E-state index is 13.6. The molecule has 4 rings (SSSR count). The fourth-order valence-corrected chi connectivity index (χ4v) is 4.84. The Morgan fingerprint density at radius 3 is 2.43 bits per heavy atom. The number of anilines is 1. The minimum absolute atomic E-state index is 0.0146. The van der Waals surface area contributed by atoms with Crippen LogP contribution in [0.15, 0.2) is 54.7 Å². The molecule has 1 saturated carbocycles. The molecule has 0 aliphatic heterocycles. The largest absolute Gasteiger partial charge is 0.511 e. The Bertz CT molecular complexity index is 1240. The van der Waals surface area contributed by atoms with Gasteiger partial charge in [-0.3, -0.25) is 9.69 Å². The van der Waals surface area contributed by atoms with E-state index >= 15 is 0 Å². The summed E-state index contributed by atoms with van der Waals surface area (Å²) in [6.07, 6.45) is 3.56. The molecule has 0 bridgehead atoms. The topological polar surface area (TPSA) is 93.9 Å². The summed E-state index contributed by atoms with van der Waals surface area (Å²) in [6, 6.07) is 14.7. The van der Waals surface area contributed by atoms with Crippen LogP contribution in [0.4, 0.5) is 10.6 Å². The van der Waals surface area contributed by atoms with Gasteiger partial charge in [-0.25, -0.2) is 9.48 Å². The highest BCUT2D eigenvalue weighted by molar-refractivity contribution is 6.32. The number of hydrogen-bond donors (Lipinski definition) is 1. The number of nitrogens with zero attached hydrogens (tertiary/aromatic N) is 3. The Labute approximate surface area is 221 Å². The highest BCUT2D eigenvalue weighted by Crippen LogP contribution is 2.36. The predicted molar refractivity (Wildman–Crippen MR) is 142 cm³/mol. The average Bonchev–Trinajstić information content (AvgIpc) is 3.26. The van der Waals surface area contributed by atoms with Crippen molar-refractivity contribution in [3.63, 3.8) is 0 Å². The average molecular weight is 526 g/mol. The molecular formula is C28H32ClN3O5. The monoisotopic (exact) mass is 525 g/mol. The molecule has 37 heavy (non-hydrogen) atoms. The van der Waals surface area contributed by atoms with Crippen LogP contribution in [0.25, 0.3) is 5.69 Å². The molecular weight excluding hydrogens is 494 g/mol. The molecule has 0 unspecified atom stereocenters. The summed E-state index contributed by atoms with van der Waals surface area (Å²) in [5, 5.41) is 14.3. The summed E-state index contributed by atoms with van der Waals surface area (Å²) in [7, 11) is 0. The van der Waals surface area contributed by atoms with Crippen LogP contribution >= 0.6 is 11.6 Å². The summed E-state index contributed by atoms with van der Waals surface area (Å²) in [6.45, 7) is 6.32. The molecule has 3 aromatic rings. The van der Waals surface area contributed by atoms with Gasteiger partial charge in [-0.2, -0.15) is 0 Å². The second kappa shape index (κ2) is 11.7. The van der Waals surface area contributed by atoms with Crippen LogP contribution in [0.2, 0.25) is 5.02 Å². The Kier molecular flexibility index (Phi) is 8.38. The lowest BCUT2D eigenvalue weighted by atomic mass is 9.82. The van der Waals surface area contributed by atoms with E-state index in [0.29, 0.717) is 29.0 Å². The Balaban J connectivity index is 1.61. The molecule has 0 atom stereocenters. The number of carbonyl (C=O) groups excluding carboxylic acids is 1. The zero-order valence-electron chi connectivity index (χ0n) is 21.3. The van der Waals surface area contributed by atoms with Gasteiger partial charge in [0.25, 0.3) is 0 Å². The zero-order chi connectivity index (χ0) is 26.5. The minimum Gasteiger partial charge on any atom is -0.487 e. The van der Waals surface area contributed by atoms with E-state index in [0.717, 1.165) is 31.2 Å². The summed E-state index contributed by atoms with van der Waals surface area (Å²) >= 11 is 6.50. The smallest absolute Gasteiger partial charge is 0.487 e.